The summed E-state index contributed by atoms with van der Waals surface area (Å²) < 4.78 is 69.2. The number of nitrogens with zero attached hydrogens (tertiary/aromatic N) is 3. The topological polar surface area (TPSA) is 142 Å². The molecule has 0 aliphatic carbocycles. The van der Waals surface area contributed by atoms with Crippen LogP contribution in [0.5, 0.6) is 0 Å². The average Bonchev–Trinajstić information content (AvgIpc) is 3.54. The number of carbonyl (C=O) groups is 3. The van der Waals surface area contributed by atoms with Crippen LogP contribution in [0.3, 0.4) is 0 Å². The Bertz CT molecular complexity index is 1050. The van der Waals surface area contributed by atoms with Gasteiger partial charge >= 0.3 is 24.3 Å². The fraction of sp³-hybridized carbons (Fsp3) is 0.476. The summed E-state index contributed by atoms with van der Waals surface area (Å²) in [6.45, 7) is 4.95. The molecule has 2 aliphatic rings. The van der Waals surface area contributed by atoms with Crippen molar-refractivity contribution in [1.82, 2.24) is 20.2 Å². The highest BCUT2D eigenvalue weighted by Gasteiger charge is 2.50. The first-order valence-electron chi connectivity index (χ1n) is 10.6. The zero-order valence-electron chi connectivity index (χ0n) is 19.3. The molecule has 2 fully saturated rings. The second-order valence-corrected chi connectivity index (χ2v) is 8.99. The number of carbonyl (C=O) groups excluding carboxylic acids is 1. The van der Waals surface area contributed by atoms with Crippen molar-refractivity contribution in [1.29, 1.82) is 0 Å². The number of pyridine rings is 1. The van der Waals surface area contributed by atoms with Gasteiger partial charge in [0.2, 0.25) is 0 Å². The second-order valence-electron chi connectivity index (χ2n) is 8.27. The van der Waals surface area contributed by atoms with Crippen LogP contribution in [0, 0.1) is 11.3 Å². The predicted molar refractivity (Wildman–Crippen MR) is 118 cm³/mol. The number of rotatable bonds is 5. The van der Waals surface area contributed by atoms with Crippen LogP contribution in [-0.4, -0.2) is 88.1 Å². The number of carboxylic acids is 2. The molecule has 0 aromatic carbocycles. The maximum absolute atomic E-state index is 12.2. The number of hydrogen-bond donors (Lipinski definition) is 3. The summed E-state index contributed by atoms with van der Waals surface area (Å²) in [5.41, 5.74) is 3.41. The molecule has 0 radical (unpaired) electrons. The molecule has 3 N–H and O–H groups in total. The molecule has 2 aromatic rings. The minimum atomic E-state index is -5.08. The lowest BCUT2D eigenvalue weighted by molar-refractivity contribution is -0.193. The molecule has 1 amide bonds. The average molecular weight is 572 g/mol. The number of hydrogen-bond acceptors (Lipinski definition) is 8. The third-order valence-electron chi connectivity index (χ3n) is 5.47. The fourth-order valence-electron chi connectivity index (χ4n) is 3.73. The molecular formula is C21H22F6N4O6S. The van der Waals surface area contributed by atoms with Crippen LogP contribution < -0.4 is 5.32 Å². The summed E-state index contributed by atoms with van der Waals surface area (Å²) >= 11 is 1.43. The molecule has 0 unspecified atom stereocenters. The van der Waals surface area contributed by atoms with Gasteiger partial charge in [0, 0.05) is 55.3 Å². The third-order valence-corrected chi connectivity index (χ3v) is 6.06. The van der Waals surface area contributed by atoms with Crippen molar-refractivity contribution in [3.8, 4) is 0 Å². The van der Waals surface area contributed by atoms with Crippen LogP contribution >= 0.6 is 11.3 Å². The molecule has 17 heteroatoms. The number of alkyl halides is 6. The number of aromatic nitrogens is 2. The Morgan fingerprint density at radius 2 is 1.79 bits per heavy atom. The zero-order chi connectivity index (χ0) is 28.6. The van der Waals surface area contributed by atoms with Gasteiger partial charge in [-0.3, -0.25) is 14.7 Å². The van der Waals surface area contributed by atoms with Crippen molar-refractivity contribution >= 4 is 29.2 Å². The second kappa shape index (κ2) is 13.0. The number of likely N-dealkylation sites (tertiary alicyclic amines) is 1. The summed E-state index contributed by atoms with van der Waals surface area (Å²) in [5.74, 6) is -5.15. The maximum atomic E-state index is 12.2. The van der Waals surface area contributed by atoms with E-state index in [1.54, 1.807) is 17.1 Å². The molecule has 0 bridgehead atoms. The summed E-state index contributed by atoms with van der Waals surface area (Å²) in [7, 11) is 0. The van der Waals surface area contributed by atoms with Gasteiger partial charge in [0.15, 0.2) is 0 Å². The quantitative estimate of drug-likeness (QED) is 0.461. The van der Waals surface area contributed by atoms with Crippen LogP contribution in [0.1, 0.15) is 16.1 Å². The Kier molecular flexibility index (Phi) is 10.5. The van der Waals surface area contributed by atoms with E-state index in [1.807, 2.05) is 12.3 Å². The van der Waals surface area contributed by atoms with E-state index in [4.69, 9.17) is 24.5 Å². The van der Waals surface area contributed by atoms with E-state index in [0.29, 0.717) is 24.8 Å². The molecule has 2 aliphatic heterocycles. The summed E-state index contributed by atoms with van der Waals surface area (Å²) in [6.07, 6.45) is -6.45. The van der Waals surface area contributed by atoms with E-state index >= 15 is 0 Å². The van der Waals surface area contributed by atoms with Gasteiger partial charge in [0.1, 0.15) is 5.69 Å². The van der Waals surface area contributed by atoms with E-state index in [2.05, 4.69) is 26.3 Å². The van der Waals surface area contributed by atoms with Crippen molar-refractivity contribution in [2.45, 2.75) is 18.9 Å². The fourth-order valence-corrected chi connectivity index (χ4v) is 4.27. The summed E-state index contributed by atoms with van der Waals surface area (Å²) in [5, 5.41) is 19.1. The van der Waals surface area contributed by atoms with Gasteiger partial charge in [-0.05, 0) is 11.6 Å². The number of amides is 1. The van der Waals surface area contributed by atoms with Crippen LogP contribution in [-0.2, 0) is 20.9 Å². The van der Waals surface area contributed by atoms with Crippen molar-refractivity contribution in [2.75, 3.05) is 32.8 Å². The lowest BCUT2D eigenvalue weighted by atomic mass is 9.81. The number of halogens is 6. The smallest absolute Gasteiger partial charge is 0.475 e. The first-order valence-corrected chi connectivity index (χ1v) is 11.5. The summed E-state index contributed by atoms with van der Waals surface area (Å²) in [6, 6.07) is 4.08. The van der Waals surface area contributed by atoms with Gasteiger partial charge in [-0.1, -0.05) is 6.07 Å². The molecule has 4 heterocycles. The normalized spacial score (nSPS) is 20.8. The van der Waals surface area contributed by atoms with Gasteiger partial charge < -0.3 is 20.3 Å². The van der Waals surface area contributed by atoms with Crippen LogP contribution in [0.25, 0.3) is 0 Å². The van der Waals surface area contributed by atoms with Crippen molar-refractivity contribution in [3.05, 3.63) is 46.7 Å². The minimum Gasteiger partial charge on any atom is -0.475 e. The molecule has 4 rings (SSSR count). The summed E-state index contributed by atoms with van der Waals surface area (Å²) in [4.78, 5) is 40.7. The molecule has 2 aromatic heterocycles. The largest absolute Gasteiger partial charge is 0.490 e. The molecule has 0 spiro atoms. The van der Waals surface area contributed by atoms with Gasteiger partial charge in [0.05, 0.1) is 18.7 Å². The SMILES string of the molecule is O=C(NC[C@]12COC[C@H]1CN(Cc1cccnc1)C2)c1cscn1.O=C(O)C(F)(F)F.O=C(O)C(F)(F)F. The molecular weight excluding hydrogens is 550 g/mol. The van der Waals surface area contributed by atoms with Crippen LogP contribution in [0.4, 0.5) is 26.3 Å². The maximum Gasteiger partial charge on any atom is 0.490 e. The lowest BCUT2D eigenvalue weighted by Gasteiger charge is -2.27. The third kappa shape index (κ3) is 9.21. The molecule has 38 heavy (non-hydrogen) atoms. The first kappa shape index (κ1) is 30.9. The Labute approximate surface area is 215 Å². The minimum absolute atomic E-state index is 0.00783. The van der Waals surface area contributed by atoms with Gasteiger partial charge in [-0.15, -0.1) is 11.3 Å². The number of aliphatic carboxylic acids is 2. The number of carboxylic acid groups (broad SMARTS) is 2. The van der Waals surface area contributed by atoms with Crippen molar-refractivity contribution in [2.24, 2.45) is 11.3 Å². The van der Waals surface area contributed by atoms with Crippen molar-refractivity contribution in [3.63, 3.8) is 0 Å². The Balaban J connectivity index is 0.000000301. The molecule has 10 nitrogen and oxygen atoms in total. The van der Waals surface area contributed by atoms with E-state index in [0.717, 1.165) is 26.2 Å². The standard InChI is InChI=1S/C17H20N4O2S.2C2HF3O2/c22-16(15-8-24-12-20-15)19-9-17-10-21(6-14(17)7-23-11-17)5-13-2-1-3-18-4-13;2*3-2(4,5)1(6)7/h1-4,8,12,14H,5-7,9-11H2,(H,19,22);2*(H,6,7)/t14-,17+;;/m1../s1. The number of fused-ring (bicyclic) bond motifs is 1. The van der Waals surface area contributed by atoms with Gasteiger partial charge in [-0.2, -0.15) is 26.3 Å². The molecule has 0 saturated carbocycles. The molecule has 2 atom stereocenters. The van der Waals surface area contributed by atoms with E-state index in [9.17, 15) is 31.1 Å². The first-order chi connectivity index (χ1) is 17.6. The Morgan fingerprint density at radius 1 is 1.16 bits per heavy atom. The highest BCUT2D eigenvalue weighted by atomic mass is 32.1. The predicted octanol–water partition coefficient (Wildman–Crippen LogP) is 2.68. The number of nitrogens with one attached hydrogen (secondary N) is 1. The highest BCUT2D eigenvalue weighted by Crippen LogP contribution is 2.41. The van der Waals surface area contributed by atoms with Crippen LogP contribution in [0.2, 0.25) is 0 Å². The highest BCUT2D eigenvalue weighted by molar-refractivity contribution is 7.07. The lowest BCUT2D eigenvalue weighted by Crippen LogP contribution is -2.43. The van der Waals surface area contributed by atoms with E-state index < -0.39 is 24.3 Å². The van der Waals surface area contributed by atoms with E-state index in [-0.39, 0.29) is 11.3 Å². The molecule has 2 saturated heterocycles. The van der Waals surface area contributed by atoms with Gasteiger partial charge in [-0.25, -0.2) is 14.6 Å². The monoisotopic (exact) mass is 572 g/mol. The van der Waals surface area contributed by atoms with Crippen LogP contribution in [0.15, 0.2) is 35.4 Å². The Morgan fingerprint density at radius 3 is 2.29 bits per heavy atom. The van der Waals surface area contributed by atoms with Crippen molar-refractivity contribution < 1.29 is 55.7 Å². The molecule has 210 valence electrons. The zero-order valence-corrected chi connectivity index (χ0v) is 20.1. The Hall–Kier alpha value is -3.31. The van der Waals surface area contributed by atoms with E-state index in [1.165, 1.54) is 16.9 Å². The number of thiazole rings is 1. The van der Waals surface area contributed by atoms with Gasteiger partial charge in [0.25, 0.3) is 5.91 Å². The number of ether oxygens (including phenoxy) is 1.